The molecule has 29 heavy (non-hydrogen) atoms. The monoisotopic (exact) mass is 384 g/mol. The molecule has 142 valence electrons. The fraction of sp³-hybridized carbons (Fsp3) is 0.0870. The van der Waals surface area contributed by atoms with Crippen molar-refractivity contribution >= 4 is 22.3 Å². The lowest BCUT2D eigenvalue weighted by Crippen LogP contribution is -2.05. The molecule has 0 aliphatic rings. The van der Waals surface area contributed by atoms with Gasteiger partial charge in [0, 0.05) is 11.1 Å². The number of rotatable bonds is 4. The molecule has 0 bridgehead atoms. The predicted molar refractivity (Wildman–Crippen MR) is 110 cm³/mol. The van der Waals surface area contributed by atoms with Crippen LogP contribution in [0, 0.1) is 5.82 Å². The minimum absolute atomic E-state index is 0.289. The zero-order chi connectivity index (χ0) is 19.8. The van der Waals surface area contributed by atoms with E-state index in [1.807, 2.05) is 53.1 Å². The Morgan fingerprint density at radius 2 is 1.52 bits per heavy atom. The lowest BCUT2D eigenvalue weighted by molar-refractivity contribution is 0.408. The first-order valence-electron chi connectivity index (χ1n) is 9.24. The van der Waals surface area contributed by atoms with E-state index in [1.54, 1.807) is 19.2 Å². The van der Waals surface area contributed by atoms with Crippen molar-refractivity contribution in [1.82, 2.24) is 19.5 Å². The molecule has 0 fully saturated rings. The smallest absolute Gasteiger partial charge is 0.198 e. The van der Waals surface area contributed by atoms with Gasteiger partial charge in [0.25, 0.3) is 0 Å². The van der Waals surface area contributed by atoms with Crippen LogP contribution < -0.4 is 4.74 Å². The fourth-order valence-electron chi connectivity index (χ4n) is 3.47. The molecule has 5 aromatic rings. The number of methoxy groups -OCH3 is 1. The second kappa shape index (κ2) is 6.98. The summed E-state index contributed by atoms with van der Waals surface area (Å²) in [7, 11) is 1.65. The third-order valence-electron chi connectivity index (χ3n) is 4.88. The maximum atomic E-state index is 13.5. The van der Waals surface area contributed by atoms with Crippen LogP contribution in [0.1, 0.15) is 5.56 Å². The summed E-state index contributed by atoms with van der Waals surface area (Å²) in [5, 5.41) is 0. The molecule has 0 N–H and O–H groups in total. The summed E-state index contributed by atoms with van der Waals surface area (Å²) in [6.45, 7) is 0.500. The summed E-state index contributed by atoms with van der Waals surface area (Å²) in [6.07, 6.45) is 0. The summed E-state index contributed by atoms with van der Waals surface area (Å²) >= 11 is 0. The summed E-state index contributed by atoms with van der Waals surface area (Å²) in [5.41, 5.74) is 4.60. The number of ether oxygens (including phenoxy) is 1. The van der Waals surface area contributed by atoms with Gasteiger partial charge in [-0.15, -0.1) is 0 Å². The Labute approximate surface area is 166 Å². The molecular formula is C23H17FN4O. The Morgan fingerprint density at radius 3 is 2.28 bits per heavy atom. The number of benzene rings is 3. The number of halogens is 1. The van der Waals surface area contributed by atoms with Gasteiger partial charge in [-0.05, 0) is 42.5 Å². The van der Waals surface area contributed by atoms with E-state index in [-0.39, 0.29) is 5.82 Å². The molecule has 0 atom stereocenters. The first-order chi connectivity index (χ1) is 14.2. The van der Waals surface area contributed by atoms with Gasteiger partial charge in [-0.3, -0.25) is 0 Å². The molecule has 0 spiro atoms. The van der Waals surface area contributed by atoms with Crippen molar-refractivity contribution in [3.63, 3.8) is 0 Å². The minimum atomic E-state index is -0.289. The highest BCUT2D eigenvalue weighted by atomic mass is 19.1. The van der Waals surface area contributed by atoms with Crippen LogP contribution in [0.4, 0.5) is 4.39 Å². The van der Waals surface area contributed by atoms with Gasteiger partial charge in [0.05, 0.1) is 24.7 Å². The average Bonchev–Trinajstić information content (AvgIpc) is 3.10. The van der Waals surface area contributed by atoms with Crippen LogP contribution in [0.3, 0.4) is 0 Å². The molecule has 5 nitrogen and oxygen atoms in total. The molecule has 0 amide bonds. The Kier molecular flexibility index (Phi) is 4.17. The molecule has 5 rings (SSSR count). The van der Waals surface area contributed by atoms with Crippen LogP contribution in [0.5, 0.6) is 5.75 Å². The Balaban J connectivity index is 1.76. The summed E-state index contributed by atoms with van der Waals surface area (Å²) in [6, 6.07) is 21.8. The summed E-state index contributed by atoms with van der Waals surface area (Å²) in [4.78, 5) is 14.2. The van der Waals surface area contributed by atoms with Crippen LogP contribution in [0.15, 0.2) is 72.8 Å². The van der Waals surface area contributed by atoms with E-state index in [1.165, 1.54) is 12.1 Å². The Bertz CT molecular complexity index is 1330. The van der Waals surface area contributed by atoms with Crippen molar-refractivity contribution in [1.29, 1.82) is 0 Å². The van der Waals surface area contributed by atoms with Crippen molar-refractivity contribution in [2.45, 2.75) is 6.54 Å². The number of fused-ring (bicyclic) bond motifs is 2. The number of nitrogens with zero attached hydrogens (tertiary/aromatic N) is 4. The number of aromatic nitrogens is 4. The van der Waals surface area contributed by atoms with E-state index >= 15 is 0 Å². The Hall–Kier alpha value is -3.80. The van der Waals surface area contributed by atoms with E-state index < -0.39 is 0 Å². The second-order valence-electron chi connectivity index (χ2n) is 6.70. The van der Waals surface area contributed by atoms with Crippen molar-refractivity contribution < 1.29 is 9.13 Å². The quantitative estimate of drug-likeness (QED) is 0.445. The highest BCUT2D eigenvalue weighted by Crippen LogP contribution is 2.28. The van der Waals surface area contributed by atoms with Gasteiger partial charge in [0.2, 0.25) is 0 Å². The Morgan fingerprint density at radius 1 is 0.828 bits per heavy atom. The van der Waals surface area contributed by atoms with Gasteiger partial charge < -0.3 is 9.30 Å². The van der Waals surface area contributed by atoms with Crippen molar-refractivity contribution in [3.05, 3.63) is 84.2 Å². The maximum Gasteiger partial charge on any atom is 0.198 e. The molecular weight excluding hydrogens is 367 g/mol. The highest BCUT2D eigenvalue weighted by Gasteiger charge is 2.17. The molecule has 2 aromatic heterocycles. The van der Waals surface area contributed by atoms with Gasteiger partial charge in [-0.25, -0.2) is 19.3 Å². The van der Waals surface area contributed by atoms with Crippen molar-refractivity contribution in [2.24, 2.45) is 0 Å². The van der Waals surface area contributed by atoms with Gasteiger partial charge >= 0.3 is 0 Å². The zero-order valence-electron chi connectivity index (χ0n) is 15.7. The minimum Gasteiger partial charge on any atom is -0.496 e. The van der Waals surface area contributed by atoms with Crippen molar-refractivity contribution in [3.8, 4) is 17.1 Å². The number of para-hydroxylation sites is 3. The van der Waals surface area contributed by atoms with Crippen molar-refractivity contribution in [2.75, 3.05) is 7.11 Å². The lowest BCUT2D eigenvalue weighted by atomic mass is 10.1. The average molecular weight is 384 g/mol. The van der Waals surface area contributed by atoms with E-state index in [0.29, 0.717) is 23.7 Å². The van der Waals surface area contributed by atoms with Crippen LogP contribution in [0.25, 0.3) is 33.7 Å². The van der Waals surface area contributed by atoms with Gasteiger partial charge in [-0.2, -0.15) is 0 Å². The molecule has 0 saturated heterocycles. The van der Waals surface area contributed by atoms with E-state index in [2.05, 4.69) is 4.98 Å². The van der Waals surface area contributed by atoms with Gasteiger partial charge in [0.15, 0.2) is 11.3 Å². The molecule has 0 aliphatic heterocycles. The molecule has 0 unspecified atom stereocenters. The fourth-order valence-corrected chi connectivity index (χ4v) is 3.47. The van der Waals surface area contributed by atoms with Crippen LogP contribution in [-0.2, 0) is 6.54 Å². The third-order valence-corrected chi connectivity index (χ3v) is 4.88. The number of hydrogen-bond acceptors (Lipinski definition) is 4. The lowest BCUT2D eigenvalue weighted by Gasteiger charge is -2.12. The van der Waals surface area contributed by atoms with E-state index in [0.717, 1.165) is 27.9 Å². The van der Waals surface area contributed by atoms with Crippen LogP contribution in [0.2, 0.25) is 0 Å². The first kappa shape index (κ1) is 17.3. The van der Waals surface area contributed by atoms with E-state index in [4.69, 9.17) is 14.7 Å². The largest absolute Gasteiger partial charge is 0.496 e. The number of hydrogen-bond donors (Lipinski definition) is 0. The SMILES string of the molecule is COc1ccccc1Cn1c(-c2ccc(F)cc2)nc2nc3ccccc3nc21. The first-order valence-corrected chi connectivity index (χ1v) is 9.24. The van der Waals surface area contributed by atoms with Gasteiger partial charge in [-0.1, -0.05) is 30.3 Å². The molecule has 0 radical (unpaired) electrons. The molecule has 6 heteroatoms. The molecule has 0 saturated carbocycles. The standard InChI is InChI=1S/C23H17FN4O/c1-29-20-9-5-2-6-16(20)14-28-22(15-10-12-17(24)13-11-15)27-21-23(28)26-19-8-4-3-7-18(19)25-21/h2-13H,14H2,1H3. The highest BCUT2D eigenvalue weighted by molar-refractivity contribution is 5.85. The molecule has 3 aromatic carbocycles. The topological polar surface area (TPSA) is 52.8 Å². The number of imidazole rings is 1. The van der Waals surface area contributed by atoms with Crippen LogP contribution >= 0.6 is 0 Å². The summed E-state index contributed by atoms with van der Waals surface area (Å²) < 4.78 is 21.0. The zero-order valence-corrected chi connectivity index (χ0v) is 15.7. The summed E-state index contributed by atoms with van der Waals surface area (Å²) in [5.74, 6) is 1.18. The molecule has 2 heterocycles. The second-order valence-corrected chi connectivity index (χ2v) is 6.70. The van der Waals surface area contributed by atoms with Crippen LogP contribution in [-0.4, -0.2) is 26.6 Å². The van der Waals surface area contributed by atoms with Gasteiger partial charge in [0.1, 0.15) is 17.4 Å². The predicted octanol–water partition coefficient (Wildman–Crippen LogP) is 4.84. The maximum absolute atomic E-state index is 13.5. The normalized spacial score (nSPS) is 11.2. The van der Waals surface area contributed by atoms with E-state index in [9.17, 15) is 4.39 Å². The molecule has 0 aliphatic carbocycles. The third kappa shape index (κ3) is 3.08.